The molecule has 2 saturated carbocycles. The molecule has 0 aliphatic heterocycles. The Bertz CT molecular complexity index is 217. The Labute approximate surface area is 81.6 Å². The van der Waals surface area contributed by atoms with E-state index in [9.17, 15) is 15.3 Å². The molecule has 2 aliphatic carbocycles. The lowest BCUT2D eigenvalue weighted by Gasteiger charge is -2.20. The van der Waals surface area contributed by atoms with E-state index >= 15 is 0 Å². The SMILES string of the molecule is [Cl-].[NH3+][C@@H]1[C@H]2[C@H](CO)[C@@H](O)[C@H](O)[C@]21O. The van der Waals surface area contributed by atoms with Crippen molar-refractivity contribution in [3.05, 3.63) is 0 Å². The van der Waals surface area contributed by atoms with Gasteiger partial charge in [-0.1, -0.05) is 0 Å². The largest absolute Gasteiger partial charge is 1.00 e. The lowest BCUT2D eigenvalue weighted by molar-refractivity contribution is -0.409. The van der Waals surface area contributed by atoms with E-state index in [0.717, 1.165) is 0 Å². The Morgan fingerprint density at radius 3 is 2.15 bits per heavy atom. The van der Waals surface area contributed by atoms with E-state index in [0.29, 0.717) is 0 Å². The smallest absolute Gasteiger partial charge is 0.153 e. The number of halogens is 1. The van der Waals surface area contributed by atoms with E-state index in [4.69, 9.17) is 5.11 Å². The first kappa shape index (κ1) is 11.2. The van der Waals surface area contributed by atoms with Gasteiger partial charge in [-0.2, -0.15) is 0 Å². The molecule has 0 unspecified atom stereocenters. The van der Waals surface area contributed by atoms with Gasteiger partial charge >= 0.3 is 0 Å². The third-order valence-electron chi connectivity index (χ3n) is 3.36. The van der Waals surface area contributed by atoms with Crippen molar-refractivity contribution >= 4 is 0 Å². The van der Waals surface area contributed by atoms with Crippen LogP contribution in [0.25, 0.3) is 0 Å². The van der Waals surface area contributed by atoms with Crippen LogP contribution in [0.15, 0.2) is 0 Å². The van der Waals surface area contributed by atoms with E-state index in [1.807, 2.05) is 0 Å². The zero-order valence-corrected chi connectivity index (χ0v) is 7.72. The van der Waals surface area contributed by atoms with Crippen LogP contribution in [0.3, 0.4) is 0 Å². The summed E-state index contributed by atoms with van der Waals surface area (Å²) in [5.41, 5.74) is 2.41. The van der Waals surface area contributed by atoms with Crippen LogP contribution in [0.5, 0.6) is 0 Å². The summed E-state index contributed by atoms with van der Waals surface area (Å²) in [4.78, 5) is 0. The predicted molar refractivity (Wildman–Crippen MR) is 37.7 cm³/mol. The minimum absolute atomic E-state index is 0. The lowest BCUT2D eigenvalue weighted by Crippen LogP contribution is -3.00. The molecular weight excluding hydrogens is 198 g/mol. The maximum absolute atomic E-state index is 9.69. The van der Waals surface area contributed by atoms with Crippen LogP contribution in [-0.4, -0.2) is 50.9 Å². The normalized spacial score (nSPS) is 58.4. The molecule has 2 aliphatic rings. The molecule has 0 aromatic carbocycles. The molecule has 5 nitrogen and oxygen atoms in total. The molecule has 13 heavy (non-hydrogen) atoms. The lowest BCUT2D eigenvalue weighted by atomic mass is 9.99. The number of quaternary nitrogens is 1. The molecule has 7 N–H and O–H groups in total. The van der Waals surface area contributed by atoms with Crippen LogP contribution >= 0.6 is 0 Å². The predicted octanol–water partition coefficient (Wildman–Crippen LogP) is -6.69. The maximum Gasteiger partial charge on any atom is 0.153 e. The topological polar surface area (TPSA) is 109 Å². The van der Waals surface area contributed by atoms with E-state index in [2.05, 4.69) is 5.73 Å². The van der Waals surface area contributed by atoms with Gasteiger partial charge in [0.2, 0.25) is 0 Å². The highest BCUT2D eigenvalue weighted by Crippen LogP contribution is 2.56. The second-order valence-electron chi connectivity index (χ2n) is 3.80. The molecule has 0 saturated heterocycles. The molecule has 0 bridgehead atoms. The number of fused-ring (bicyclic) bond motifs is 1. The summed E-state index contributed by atoms with van der Waals surface area (Å²) in [5.74, 6) is -0.667. The Hall–Kier alpha value is 0.0900. The summed E-state index contributed by atoms with van der Waals surface area (Å²) in [7, 11) is 0. The molecular formula is C7H14ClNO4. The summed E-state index contributed by atoms with van der Waals surface area (Å²) in [6.45, 7) is -0.211. The molecule has 78 valence electrons. The summed E-state index contributed by atoms with van der Waals surface area (Å²) in [6.07, 6.45) is -2.16. The van der Waals surface area contributed by atoms with Crippen molar-refractivity contribution in [1.29, 1.82) is 0 Å². The van der Waals surface area contributed by atoms with Crippen LogP contribution in [0, 0.1) is 11.8 Å². The monoisotopic (exact) mass is 211 g/mol. The first-order valence-corrected chi connectivity index (χ1v) is 4.07. The molecule has 2 rings (SSSR count). The highest BCUT2D eigenvalue weighted by Gasteiger charge is 2.79. The Balaban J connectivity index is 0.000000845. The summed E-state index contributed by atoms with van der Waals surface area (Å²) >= 11 is 0. The summed E-state index contributed by atoms with van der Waals surface area (Å²) < 4.78 is 0. The van der Waals surface area contributed by atoms with Crippen molar-refractivity contribution in [2.75, 3.05) is 6.61 Å². The van der Waals surface area contributed by atoms with Crippen molar-refractivity contribution in [3.8, 4) is 0 Å². The van der Waals surface area contributed by atoms with Crippen LogP contribution < -0.4 is 18.1 Å². The first-order chi connectivity index (χ1) is 5.55. The van der Waals surface area contributed by atoms with Crippen LogP contribution in [0.4, 0.5) is 0 Å². The zero-order chi connectivity index (χ0) is 9.09. The quantitative estimate of drug-likeness (QED) is 0.297. The van der Waals surface area contributed by atoms with Gasteiger partial charge in [0, 0.05) is 12.5 Å². The van der Waals surface area contributed by atoms with Gasteiger partial charge in [0.1, 0.15) is 12.1 Å². The van der Waals surface area contributed by atoms with Gasteiger partial charge in [0.15, 0.2) is 5.60 Å². The number of aliphatic hydroxyl groups excluding tert-OH is 3. The second kappa shape index (κ2) is 3.05. The minimum Gasteiger partial charge on any atom is -1.00 e. The fraction of sp³-hybridized carbons (Fsp3) is 1.00. The van der Waals surface area contributed by atoms with Gasteiger partial charge in [-0.05, 0) is 0 Å². The maximum atomic E-state index is 9.69. The van der Waals surface area contributed by atoms with Crippen molar-refractivity contribution in [2.24, 2.45) is 11.8 Å². The Morgan fingerprint density at radius 2 is 1.85 bits per heavy atom. The zero-order valence-electron chi connectivity index (χ0n) is 6.97. The van der Waals surface area contributed by atoms with Crippen molar-refractivity contribution < 1.29 is 38.6 Å². The molecule has 0 spiro atoms. The molecule has 0 radical (unpaired) electrons. The van der Waals surface area contributed by atoms with E-state index in [1.165, 1.54) is 0 Å². The minimum atomic E-state index is -1.24. The van der Waals surface area contributed by atoms with Gasteiger partial charge in [-0.25, -0.2) is 0 Å². The first-order valence-electron chi connectivity index (χ1n) is 4.07. The second-order valence-corrected chi connectivity index (χ2v) is 3.80. The number of hydrogen-bond donors (Lipinski definition) is 5. The number of aliphatic hydroxyl groups is 4. The molecule has 0 heterocycles. The fourth-order valence-corrected chi connectivity index (χ4v) is 2.50. The van der Waals surface area contributed by atoms with Gasteiger partial charge in [0.25, 0.3) is 0 Å². The van der Waals surface area contributed by atoms with Crippen molar-refractivity contribution in [2.45, 2.75) is 23.9 Å². The highest BCUT2D eigenvalue weighted by atomic mass is 35.5. The van der Waals surface area contributed by atoms with E-state index in [1.54, 1.807) is 0 Å². The third kappa shape index (κ3) is 1.06. The highest BCUT2D eigenvalue weighted by molar-refractivity contribution is 5.26. The van der Waals surface area contributed by atoms with Crippen LogP contribution in [0.2, 0.25) is 0 Å². The molecule has 6 atom stereocenters. The summed E-state index contributed by atoms with van der Waals surface area (Å²) in [6, 6.07) is -0.256. The average Bonchev–Trinajstić information content (AvgIpc) is 2.50. The van der Waals surface area contributed by atoms with E-state index in [-0.39, 0.29) is 31.0 Å². The molecule has 2 fully saturated rings. The Morgan fingerprint density at radius 1 is 1.31 bits per heavy atom. The van der Waals surface area contributed by atoms with Crippen LogP contribution in [-0.2, 0) is 0 Å². The number of hydrogen-bond acceptors (Lipinski definition) is 4. The van der Waals surface area contributed by atoms with Gasteiger partial charge in [0.05, 0.1) is 12.0 Å². The Kier molecular flexibility index (Phi) is 2.62. The average molecular weight is 212 g/mol. The van der Waals surface area contributed by atoms with Gasteiger partial charge < -0.3 is 38.6 Å². The van der Waals surface area contributed by atoms with Crippen molar-refractivity contribution in [3.63, 3.8) is 0 Å². The molecule has 0 aromatic heterocycles. The van der Waals surface area contributed by atoms with E-state index < -0.39 is 23.7 Å². The molecule has 6 heteroatoms. The van der Waals surface area contributed by atoms with Crippen molar-refractivity contribution in [1.82, 2.24) is 0 Å². The fourth-order valence-electron chi connectivity index (χ4n) is 2.50. The standard InChI is InChI=1S/C7H13NO4.ClH/c8-5-3-2(1-9)4(10)6(11)7(3,5)12;/h2-6,9-12H,1,8H2;1H/t2-,3+,4+,5+,6-,7-;/m0./s1. The van der Waals surface area contributed by atoms with Gasteiger partial charge in [-0.3, -0.25) is 0 Å². The summed E-state index contributed by atoms with van der Waals surface area (Å²) in [5, 5.41) is 37.3. The van der Waals surface area contributed by atoms with Gasteiger partial charge in [-0.15, -0.1) is 0 Å². The number of rotatable bonds is 1. The van der Waals surface area contributed by atoms with Crippen LogP contribution in [0.1, 0.15) is 0 Å². The molecule has 0 amide bonds. The molecule has 0 aromatic rings. The third-order valence-corrected chi connectivity index (χ3v) is 3.36.